The van der Waals surface area contributed by atoms with Crippen LogP contribution in [0.4, 0.5) is 0 Å². The number of hydrogen-bond donors (Lipinski definition) is 1. The highest BCUT2D eigenvalue weighted by molar-refractivity contribution is 5.77. The number of benzene rings is 1. The molecule has 22 heavy (non-hydrogen) atoms. The van der Waals surface area contributed by atoms with Gasteiger partial charge in [-0.3, -0.25) is 5.32 Å². The van der Waals surface area contributed by atoms with E-state index in [-0.39, 0.29) is 6.04 Å². The monoisotopic (exact) mass is 298 g/mol. The van der Waals surface area contributed by atoms with Crippen molar-refractivity contribution in [1.82, 2.24) is 5.32 Å². The summed E-state index contributed by atoms with van der Waals surface area (Å²) < 4.78 is 10.4. The van der Waals surface area contributed by atoms with Gasteiger partial charge in [-0.2, -0.15) is 5.26 Å². The van der Waals surface area contributed by atoms with Crippen molar-refractivity contribution in [3.8, 4) is 6.07 Å². The van der Waals surface area contributed by atoms with Gasteiger partial charge in [0.05, 0.1) is 24.8 Å². The second-order valence-electron chi connectivity index (χ2n) is 5.03. The van der Waals surface area contributed by atoms with Gasteiger partial charge in [-0.25, -0.2) is 4.79 Å². The van der Waals surface area contributed by atoms with Gasteiger partial charge in [-0.05, 0) is 43.7 Å². The molecule has 0 fully saturated rings. The van der Waals surface area contributed by atoms with Crippen molar-refractivity contribution < 1.29 is 13.9 Å². The number of furan rings is 1. The molecule has 0 aliphatic heterocycles. The Balaban J connectivity index is 2.26. The molecule has 0 saturated carbocycles. The molecule has 0 radical (unpaired) electrons. The van der Waals surface area contributed by atoms with E-state index in [1.807, 2.05) is 26.0 Å². The molecular formula is C17H18N2O3. The number of rotatable bonds is 5. The molecule has 0 spiro atoms. The summed E-state index contributed by atoms with van der Waals surface area (Å²) in [5.41, 5.74) is 1.18. The second-order valence-corrected chi connectivity index (χ2v) is 5.03. The van der Waals surface area contributed by atoms with Gasteiger partial charge in [0, 0.05) is 0 Å². The van der Waals surface area contributed by atoms with Crippen molar-refractivity contribution in [2.24, 2.45) is 0 Å². The number of esters is 1. The van der Waals surface area contributed by atoms with E-state index >= 15 is 0 Å². The van der Waals surface area contributed by atoms with Gasteiger partial charge >= 0.3 is 5.97 Å². The van der Waals surface area contributed by atoms with E-state index in [9.17, 15) is 4.79 Å². The molecule has 5 heteroatoms. The topological polar surface area (TPSA) is 75.3 Å². The Morgan fingerprint density at radius 2 is 2.14 bits per heavy atom. The summed E-state index contributed by atoms with van der Waals surface area (Å²) in [6.07, 6.45) is 0. The third-order valence-corrected chi connectivity index (χ3v) is 3.39. The summed E-state index contributed by atoms with van der Waals surface area (Å²) in [7, 11) is 1.34. The highest BCUT2D eigenvalue weighted by atomic mass is 16.5. The first-order valence-electron chi connectivity index (χ1n) is 6.95. The Bertz CT molecular complexity index is 700. The van der Waals surface area contributed by atoms with E-state index in [2.05, 4.69) is 11.4 Å². The maximum Gasteiger partial charge on any atom is 0.327 e. The van der Waals surface area contributed by atoms with E-state index in [1.165, 1.54) is 7.11 Å². The zero-order valence-electron chi connectivity index (χ0n) is 12.8. The van der Waals surface area contributed by atoms with E-state index in [0.29, 0.717) is 11.1 Å². The summed E-state index contributed by atoms with van der Waals surface area (Å²) in [4.78, 5) is 12.1. The van der Waals surface area contributed by atoms with Gasteiger partial charge in [0.15, 0.2) is 0 Å². The number of nitriles is 1. The molecule has 1 aromatic carbocycles. The van der Waals surface area contributed by atoms with Gasteiger partial charge in [-0.1, -0.05) is 12.1 Å². The van der Waals surface area contributed by atoms with Crippen LogP contribution in [0.15, 0.2) is 40.8 Å². The first-order valence-corrected chi connectivity index (χ1v) is 6.95. The number of carbonyl (C=O) groups excluding carboxylic acids is 1. The number of nitrogens with zero attached hydrogens (tertiary/aromatic N) is 1. The van der Waals surface area contributed by atoms with Crippen LogP contribution in [0.5, 0.6) is 0 Å². The van der Waals surface area contributed by atoms with Crippen molar-refractivity contribution in [3.05, 3.63) is 59.0 Å². The molecule has 5 nitrogen and oxygen atoms in total. The fourth-order valence-corrected chi connectivity index (χ4v) is 2.22. The third-order valence-electron chi connectivity index (χ3n) is 3.39. The molecule has 0 unspecified atom stereocenters. The Kier molecular flexibility index (Phi) is 4.97. The third kappa shape index (κ3) is 3.54. The van der Waals surface area contributed by atoms with Crippen molar-refractivity contribution in [1.29, 1.82) is 5.26 Å². The molecule has 0 aliphatic rings. The predicted molar refractivity (Wildman–Crippen MR) is 80.9 cm³/mol. The average molecular weight is 298 g/mol. The van der Waals surface area contributed by atoms with Crippen LogP contribution >= 0.6 is 0 Å². The molecule has 0 aliphatic carbocycles. The fourth-order valence-electron chi connectivity index (χ4n) is 2.22. The van der Waals surface area contributed by atoms with Gasteiger partial charge in [0.2, 0.25) is 0 Å². The molecule has 2 atom stereocenters. The van der Waals surface area contributed by atoms with Crippen molar-refractivity contribution in [3.63, 3.8) is 0 Å². The van der Waals surface area contributed by atoms with Crippen LogP contribution in [0, 0.1) is 18.3 Å². The predicted octanol–water partition coefficient (Wildman–Crippen LogP) is 3.02. The van der Waals surface area contributed by atoms with Crippen LogP contribution in [0.2, 0.25) is 0 Å². The number of methoxy groups -OCH3 is 1. The zero-order valence-corrected chi connectivity index (χ0v) is 12.8. The maximum absolute atomic E-state index is 12.1. The quantitative estimate of drug-likeness (QED) is 0.859. The summed E-state index contributed by atoms with van der Waals surface area (Å²) in [6.45, 7) is 3.77. The van der Waals surface area contributed by atoms with Crippen LogP contribution in [0.25, 0.3) is 0 Å². The van der Waals surface area contributed by atoms with Gasteiger partial charge in [0.1, 0.15) is 17.6 Å². The molecule has 0 amide bonds. The van der Waals surface area contributed by atoms with E-state index in [0.717, 1.165) is 11.5 Å². The Labute approximate surface area is 129 Å². The highest BCUT2D eigenvalue weighted by Crippen LogP contribution is 2.23. The molecule has 1 heterocycles. The summed E-state index contributed by atoms with van der Waals surface area (Å²) in [5.74, 6) is 1.14. The normalized spacial score (nSPS) is 13.2. The van der Waals surface area contributed by atoms with Crippen LogP contribution in [-0.2, 0) is 9.53 Å². The van der Waals surface area contributed by atoms with Gasteiger partial charge < -0.3 is 9.15 Å². The number of ether oxygens (including phenoxy) is 1. The SMILES string of the molecule is COC(=O)[C@@H](N[C@H](C)c1ccc(C)o1)c1cccc(C#N)c1. The smallest absolute Gasteiger partial charge is 0.327 e. The molecule has 0 saturated heterocycles. The molecule has 1 N–H and O–H groups in total. The van der Waals surface area contributed by atoms with Crippen LogP contribution in [0.1, 0.15) is 41.7 Å². The molecule has 2 aromatic rings. The lowest BCUT2D eigenvalue weighted by Crippen LogP contribution is -2.31. The van der Waals surface area contributed by atoms with E-state index in [1.54, 1.807) is 24.3 Å². The molecular weight excluding hydrogens is 280 g/mol. The Hall–Kier alpha value is -2.58. The minimum atomic E-state index is -0.668. The van der Waals surface area contributed by atoms with Gasteiger partial charge in [0.25, 0.3) is 0 Å². The molecule has 0 bridgehead atoms. The van der Waals surface area contributed by atoms with Crippen molar-refractivity contribution in [2.45, 2.75) is 25.9 Å². The number of nitrogens with one attached hydrogen (secondary N) is 1. The van der Waals surface area contributed by atoms with E-state index in [4.69, 9.17) is 14.4 Å². The van der Waals surface area contributed by atoms with Crippen LogP contribution in [0.3, 0.4) is 0 Å². The van der Waals surface area contributed by atoms with E-state index < -0.39 is 12.0 Å². The number of carbonyl (C=O) groups is 1. The first-order chi connectivity index (χ1) is 10.5. The second kappa shape index (κ2) is 6.92. The van der Waals surface area contributed by atoms with Crippen LogP contribution in [-0.4, -0.2) is 13.1 Å². The largest absolute Gasteiger partial charge is 0.468 e. The lowest BCUT2D eigenvalue weighted by Gasteiger charge is -2.20. The highest BCUT2D eigenvalue weighted by Gasteiger charge is 2.25. The maximum atomic E-state index is 12.1. The minimum absolute atomic E-state index is 0.177. The van der Waals surface area contributed by atoms with Gasteiger partial charge in [-0.15, -0.1) is 0 Å². The number of aryl methyl sites for hydroxylation is 1. The lowest BCUT2D eigenvalue weighted by molar-refractivity contribution is -0.143. The molecule has 114 valence electrons. The average Bonchev–Trinajstić information content (AvgIpc) is 2.98. The standard InChI is InChI=1S/C17H18N2O3/c1-11-7-8-15(22-11)12(2)19-16(17(20)21-3)14-6-4-5-13(9-14)10-18/h4-9,12,16,19H,1-3H3/t12-,16+/m1/s1. The summed E-state index contributed by atoms with van der Waals surface area (Å²) >= 11 is 0. The number of hydrogen-bond acceptors (Lipinski definition) is 5. The van der Waals surface area contributed by atoms with Crippen molar-refractivity contribution in [2.75, 3.05) is 7.11 Å². The summed E-state index contributed by atoms with van der Waals surface area (Å²) in [6, 6.07) is 11.9. The lowest BCUT2D eigenvalue weighted by atomic mass is 10.0. The van der Waals surface area contributed by atoms with Crippen LogP contribution < -0.4 is 5.32 Å². The molecule has 2 rings (SSSR count). The fraction of sp³-hybridized carbons (Fsp3) is 0.294. The van der Waals surface area contributed by atoms with Crippen molar-refractivity contribution >= 4 is 5.97 Å². The Morgan fingerprint density at radius 1 is 1.36 bits per heavy atom. The first kappa shape index (κ1) is 15.8. The minimum Gasteiger partial charge on any atom is -0.468 e. The summed E-state index contributed by atoms with van der Waals surface area (Å²) in [5, 5.41) is 12.2. The Morgan fingerprint density at radius 3 is 2.73 bits per heavy atom. The zero-order chi connectivity index (χ0) is 16.1. The molecule has 1 aromatic heterocycles.